The minimum absolute atomic E-state index is 0.807. The van der Waals surface area contributed by atoms with E-state index in [1.165, 1.54) is 38.2 Å². The van der Waals surface area contributed by atoms with Crippen LogP contribution in [-0.4, -0.2) is 39.6 Å². The topological polar surface area (TPSA) is 33.1 Å². The number of imidazole rings is 1. The van der Waals surface area contributed by atoms with Crippen molar-refractivity contribution in [2.75, 3.05) is 13.1 Å². The fourth-order valence-corrected chi connectivity index (χ4v) is 3.85. The minimum atomic E-state index is 0.807. The Morgan fingerprint density at radius 1 is 1.35 bits per heavy atom. The quantitative estimate of drug-likeness (QED) is 0.820. The Balaban J connectivity index is 1.41. The van der Waals surface area contributed by atoms with E-state index in [9.17, 15) is 0 Å². The SMILES string of the molecule is c1cn2c(n1)CN(CC1CC3CCC1N3)CC2. The van der Waals surface area contributed by atoms with Gasteiger partial charge in [-0.2, -0.15) is 0 Å². The Morgan fingerprint density at radius 2 is 2.35 bits per heavy atom. The molecule has 4 heteroatoms. The molecule has 4 nitrogen and oxygen atoms in total. The zero-order chi connectivity index (χ0) is 11.2. The van der Waals surface area contributed by atoms with Crippen molar-refractivity contribution >= 4 is 0 Å². The molecular weight excluding hydrogens is 212 g/mol. The second-order valence-electron chi connectivity index (χ2n) is 5.82. The van der Waals surface area contributed by atoms with Crippen molar-refractivity contribution in [1.82, 2.24) is 19.8 Å². The second-order valence-corrected chi connectivity index (χ2v) is 5.82. The molecule has 2 fully saturated rings. The van der Waals surface area contributed by atoms with Crippen molar-refractivity contribution in [3.63, 3.8) is 0 Å². The number of fused-ring (bicyclic) bond motifs is 3. The average molecular weight is 232 g/mol. The van der Waals surface area contributed by atoms with Crippen LogP contribution in [0.15, 0.2) is 12.4 Å². The molecule has 2 bridgehead atoms. The fraction of sp³-hybridized carbons (Fsp3) is 0.769. The van der Waals surface area contributed by atoms with Crippen molar-refractivity contribution in [3.05, 3.63) is 18.2 Å². The van der Waals surface area contributed by atoms with E-state index in [1.54, 1.807) is 0 Å². The molecule has 3 aliphatic heterocycles. The molecule has 0 aliphatic carbocycles. The molecule has 2 saturated heterocycles. The summed E-state index contributed by atoms with van der Waals surface area (Å²) in [6, 6.07) is 1.64. The van der Waals surface area contributed by atoms with Gasteiger partial charge in [0.05, 0.1) is 6.54 Å². The van der Waals surface area contributed by atoms with Crippen molar-refractivity contribution in [3.8, 4) is 0 Å². The van der Waals surface area contributed by atoms with Gasteiger partial charge in [-0.15, -0.1) is 0 Å². The molecule has 0 aromatic carbocycles. The maximum atomic E-state index is 4.44. The summed E-state index contributed by atoms with van der Waals surface area (Å²) in [5, 5.41) is 3.73. The summed E-state index contributed by atoms with van der Waals surface area (Å²) in [6.45, 7) is 4.61. The maximum Gasteiger partial charge on any atom is 0.122 e. The molecule has 0 spiro atoms. The lowest BCUT2D eigenvalue weighted by Gasteiger charge is -2.32. The van der Waals surface area contributed by atoms with Crippen LogP contribution in [-0.2, 0) is 13.1 Å². The summed E-state index contributed by atoms with van der Waals surface area (Å²) in [5.41, 5.74) is 0. The average Bonchev–Trinajstić information content (AvgIpc) is 3.03. The number of hydrogen-bond acceptors (Lipinski definition) is 3. The minimum Gasteiger partial charge on any atom is -0.333 e. The Hall–Kier alpha value is -0.870. The lowest BCUT2D eigenvalue weighted by Crippen LogP contribution is -2.39. The van der Waals surface area contributed by atoms with E-state index in [0.717, 1.165) is 31.1 Å². The van der Waals surface area contributed by atoms with Crippen LogP contribution in [0.4, 0.5) is 0 Å². The number of rotatable bonds is 2. The summed E-state index contributed by atoms with van der Waals surface area (Å²) in [5.74, 6) is 2.13. The fourth-order valence-electron chi connectivity index (χ4n) is 3.85. The van der Waals surface area contributed by atoms with E-state index in [1.807, 2.05) is 6.20 Å². The van der Waals surface area contributed by atoms with Crippen molar-refractivity contribution in [2.45, 2.75) is 44.4 Å². The lowest BCUT2D eigenvalue weighted by atomic mass is 9.88. The third kappa shape index (κ3) is 1.70. The van der Waals surface area contributed by atoms with Crippen LogP contribution in [0.3, 0.4) is 0 Å². The van der Waals surface area contributed by atoms with Gasteiger partial charge in [-0.05, 0) is 25.2 Å². The molecule has 1 N–H and O–H groups in total. The van der Waals surface area contributed by atoms with E-state index in [0.29, 0.717) is 0 Å². The standard InChI is InChI=1S/C13H20N4/c1-2-12-10(7-11(1)15-12)8-16-5-6-17-4-3-14-13(17)9-16/h3-4,10-12,15H,1-2,5-9H2. The highest BCUT2D eigenvalue weighted by molar-refractivity contribution is 5.00. The molecule has 92 valence electrons. The Kier molecular flexibility index (Phi) is 2.27. The molecule has 4 rings (SSSR count). The lowest BCUT2D eigenvalue weighted by molar-refractivity contribution is 0.172. The van der Waals surface area contributed by atoms with Gasteiger partial charge >= 0.3 is 0 Å². The highest BCUT2D eigenvalue weighted by Crippen LogP contribution is 2.34. The van der Waals surface area contributed by atoms with Crippen LogP contribution in [0.5, 0.6) is 0 Å². The smallest absolute Gasteiger partial charge is 0.122 e. The molecule has 17 heavy (non-hydrogen) atoms. The van der Waals surface area contributed by atoms with Crippen LogP contribution in [0, 0.1) is 5.92 Å². The van der Waals surface area contributed by atoms with Gasteiger partial charge < -0.3 is 9.88 Å². The Morgan fingerprint density at radius 3 is 3.18 bits per heavy atom. The zero-order valence-electron chi connectivity index (χ0n) is 10.2. The van der Waals surface area contributed by atoms with E-state index in [-0.39, 0.29) is 0 Å². The summed E-state index contributed by atoms with van der Waals surface area (Å²) >= 11 is 0. The predicted molar refractivity (Wildman–Crippen MR) is 65.6 cm³/mol. The first kappa shape index (κ1) is 10.1. The van der Waals surface area contributed by atoms with Gasteiger partial charge in [0.2, 0.25) is 0 Å². The van der Waals surface area contributed by atoms with Crippen LogP contribution >= 0.6 is 0 Å². The molecule has 0 amide bonds. The molecule has 1 aromatic rings. The van der Waals surface area contributed by atoms with Crippen LogP contribution < -0.4 is 5.32 Å². The third-order valence-electron chi connectivity index (χ3n) is 4.75. The normalized spacial score (nSPS) is 36.4. The number of aromatic nitrogens is 2. The van der Waals surface area contributed by atoms with Crippen molar-refractivity contribution in [2.24, 2.45) is 5.92 Å². The molecule has 0 radical (unpaired) electrons. The second kappa shape index (κ2) is 3.82. The van der Waals surface area contributed by atoms with Crippen molar-refractivity contribution in [1.29, 1.82) is 0 Å². The molecule has 3 aliphatic rings. The van der Waals surface area contributed by atoms with Gasteiger partial charge in [0.25, 0.3) is 0 Å². The predicted octanol–water partition coefficient (Wildman–Crippen LogP) is 0.839. The van der Waals surface area contributed by atoms with Crippen LogP contribution in [0.1, 0.15) is 25.1 Å². The third-order valence-corrected chi connectivity index (χ3v) is 4.75. The van der Waals surface area contributed by atoms with E-state index < -0.39 is 0 Å². The molecule has 0 saturated carbocycles. The van der Waals surface area contributed by atoms with Crippen LogP contribution in [0.2, 0.25) is 0 Å². The monoisotopic (exact) mass is 232 g/mol. The molecule has 3 unspecified atom stereocenters. The summed E-state index contributed by atoms with van der Waals surface area (Å²) in [4.78, 5) is 7.03. The summed E-state index contributed by atoms with van der Waals surface area (Å²) in [7, 11) is 0. The van der Waals surface area contributed by atoms with E-state index in [4.69, 9.17) is 0 Å². The van der Waals surface area contributed by atoms with Crippen LogP contribution in [0.25, 0.3) is 0 Å². The Labute approximate surface area is 102 Å². The number of nitrogens with one attached hydrogen (secondary N) is 1. The van der Waals surface area contributed by atoms with Gasteiger partial charge in [0.15, 0.2) is 0 Å². The molecule has 4 heterocycles. The first-order chi connectivity index (χ1) is 8.38. The summed E-state index contributed by atoms with van der Waals surface area (Å²) in [6.07, 6.45) is 8.24. The first-order valence-corrected chi connectivity index (χ1v) is 6.87. The van der Waals surface area contributed by atoms with Gasteiger partial charge in [-0.3, -0.25) is 4.90 Å². The van der Waals surface area contributed by atoms with Crippen molar-refractivity contribution < 1.29 is 0 Å². The first-order valence-electron chi connectivity index (χ1n) is 6.87. The van der Waals surface area contributed by atoms with Gasteiger partial charge in [0.1, 0.15) is 5.82 Å². The summed E-state index contributed by atoms with van der Waals surface area (Å²) < 4.78 is 2.29. The van der Waals surface area contributed by atoms with Gasteiger partial charge in [-0.25, -0.2) is 4.98 Å². The molecular formula is C13H20N4. The highest BCUT2D eigenvalue weighted by atomic mass is 15.2. The number of hydrogen-bond donors (Lipinski definition) is 1. The zero-order valence-corrected chi connectivity index (χ0v) is 10.2. The van der Waals surface area contributed by atoms with Gasteiger partial charge in [0, 0.05) is 44.1 Å². The number of nitrogens with zero attached hydrogens (tertiary/aromatic N) is 3. The Bertz CT molecular complexity index is 413. The largest absolute Gasteiger partial charge is 0.333 e. The highest BCUT2D eigenvalue weighted by Gasteiger charge is 2.39. The van der Waals surface area contributed by atoms with Gasteiger partial charge in [-0.1, -0.05) is 0 Å². The molecule has 3 atom stereocenters. The van der Waals surface area contributed by atoms with E-state index >= 15 is 0 Å². The maximum absolute atomic E-state index is 4.44. The molecule has 1 aromatic heterocycles. The van der Waals surface area contributed by atoms with E-state index in [2.05, 4.69) is 26.0 Å².